The van der Waals surface area contributed by atoms with E-state index < -0.39 is 0 Å². The number of thiophene rings is 1. The van der Waals surface area contributed by atoms with Crippen LogP contribution < -0.4 is 0 Å². The van der Waals surface area contributed by atoms with Gasteiger partial charge in [-0.2, -0.15) is 15.8 Å². The molecule has 0 spiro atoms. The molecule has 0 aliphatic carbocycles. The van der Waals surface area contributed by atoms with Crippen molar-refractivity contribution >= 4 is 75.1 Å². The van der Waals surface area contributed by atoms with Gasteiger partial charge in [0.2, 0.25) is 0 Å². The van der Waals surface area contributed by atoms with Crippen molar-refractivity contribution in [3.05, 3.63) is 156 Å². The summed E-state index contributed by atoms with van der Waals surface area (Å²) in [6.45, 7) is 0. The summed E-state index contributed by atoms with van der Waals surface area (Å²) in [6.07, 6.45) is 0. The van der Waals surface area contributed by atoms with Gasteiger partial charge in [0.05, 0.1) is 62.7 Å². The van der Waals surface area contributed by atoms with Crippen LogP contribution in [0.4, 0.5) is 0 Å². The number of nitrogens with zero attached hydrogens (tertiary/aromatic N) is 5. The van der Waals surface area contributed by atoms with Crippen LogP contribution in [-0.2, 0) is 0 Å². The maximum Gasteiger partial charge on any atom is 0.0992 e. The van der Waals surface area contributed by atoms with Gasteiger partial charge >= 0.3 is 0 Å². The van der Waals surface area contributed by atoms with E-state index in [4.69, 9.17) is 0 Å². The highest BCUT2D eigenvalue weighted by molar-refractivity contribution is 7.26. The van der Waals surface area contributed by atoms with Crippen molar-refractivity contribution in [2.75, 3.05) is 0 Å². The third-order valence-corrected chi connectivity index (χ3v) is 11.2. The molecule has 51 heavy (non-hydrogen) atoms. The number of rotatable bonds is 3. The zero-order chi connectivity index (χ0) is 34.2. The van der Waals surface area contributed by atoms with Gasteiger partial charge in [0, 0.05) is 53.0 Å². The smallest absolute Gasteiger partial charge is 0.0992 e. The Kier molecular flexibility index (Phi) is 6.17. The molecule has 0 radical (unpaired) electrons. The molecule has 0 amide bonds. The molecule has 0 atom stereocenters. The average molecular weight is 666 g/mol. The molecule has 6 heteroatoms. The van der Waals surface area contributed by atoms with E-state index in [1.54, 1.807) is 0 Å². The Hall–Kier alpha value is -7.17. The number of fused-ring (bicyclic) bond motifs is 10. The lowest BCUT2D eigenvalue weighted by Gasteiger charge is -2.15. The van der Waals surface area contributed by atoms with Crippen molar-refractivity contribution in [1.29, 1.82) is 15.8 Å². The van der Waals surface area contributed by atoms with E-state index in [1.807, 2.05) is 72.0 Å². The molecule has 3 aromatic heterocycles. The number of nitriles is 3. The monoisotopic (exact) mass is 665 g/mol. The number of aromatic nitrogens is 2. The van der Waals surface area contributed by atoms with E-state index in [9.17, 15) is 15.8 Å². The summed E-state index contributed by atoms with van der Waals surface area (Å²) in [5, 5.41) is 36.3. The topological polar surface area (TPSA) is 81.2 Å². The normalized spacial score (nSPS) is 11.5. The molecule has 3 heterocycles. The Bertz CT molecular complexity index is 3160. The molecule has 0 N–H and O–H groups in total. The van der Waals surface area contributed by atoms with Crippen LogP contribution in [-0.4, -0.2) is 9.13 Å². The molecule has 5 nitrogen and oxygen atoms in total. The lowest BCUT2D eigenvalue weighted by molar-refractivity contribution is 1.17. The van der Waals surface area contributed by atoms with Crippen LogP contribution in [0, 0.1) is 34.0 Å². The quantitative estimate of drug-likeness (QED) is 0.188. The summed E-state index contributed by atoms with van der Waals surface area (Å²) >= 11 is 1.84. The minimum atomic E-state index is 0.540. The highest BCUT2D eigenvalue weighted by atomic mass is 32.1. The molecule has 0 saturated heterocycles. The van der Waals surface area contributed by atoms with Crippen LogP contribution in [0.5, 0.6) is 0 Å². The summed E-state index contributed by atoms with van der Waals surface area (Å²) in [5.74, 6) is 0. The summed E-state index contributed by atoms with van der Waals surface area (Å²) in [6, 6.07) is 54.3. The molecular formula is C45H23N5S. The van der Waals surface area contributed by atoms with Crippen molar-refractivity contribution in [2.45, 2.75) is 0 Å². The Morgan fingerprint density at radius 1 is 0.451 bits per heavy atom. The number of hydrogen-bond donors (Lipinski definition) is 0. The molecule has 10 rings (SSSR count). The van der Waals surface area contributed by atoms with E-state index in [1.165, 1.54) is 30.9 Å². The van der Waals surface area contributed by atoms with Crippen molar-refractivity contribution in [3.8, 4) is 40.7 Å². The van der Waals surface area contributed by atoms with Crippen LogP contribution in [0.15, 0.2) is 140 Å². The molecule has 0 aliphatic rings. The van der Waals surface area contributed by atoms with E-state index in [0.29, 0.717) is 16.7 Å². The van der Waals surface area contributed by atoms with E-state index in [0.717, 1.165) is 55.3 Å². The summed E-state index contributed by atoms with van der Waals surface area (Å²) in [5.41, 5.74) is 9.54. The molecule has 0 aliphatic heterocycles. The SMILES string of the molecule is N#Cc1ccc(-c2ccc3c4c5sc6ccccc6c5ccc4n(-c4ccccc4)c3c2)c(-n2c3ccc(C#N)cc3c3cc(C#N)ccc32)c1. The second-order valence-corrected chi connectivity index (χ2v) is 13.8. The zero-order valence-electron chi connectivity index (χ0n) is 26.9. The van der Waals surface area contributed by atoms with Crippen LogP contribution >= 0.6 is 11.3 Å². The van der Waals surface area contributed by atoms with E-state index in [2.05, 4.69) is 106 Å². The standard InChI is InChI=1S/C45H23N5S/c46-24-27-11-17-38-36(20-27)37-21-28(25-47)12-18-39(37)50(38)41-22-29(26-48)10-14-32(41)30-13-15-35-42(23-30)49(31-6-2-1-3-7-31)40-19-16-34-33-8-4-5-9-43(33)51-45(34)44(35)40/h1-23H. The van der Waals surface area contributed by atoms with Crippen molar-refractivity contribution < 1.29 is 0 Å². The fraction of sp³-hybridized carbons (Fsp3) is 0. The number of hydrogen-bond acceptors (Lipinski definition) is 4. The van der Waals surface area contributed by atoms with Gasteiger partial charge in [0.15, 0.2) is 0 Å². The summed E-state index contributed by atoms with van der Waals surface area (Å²) in [4.78, 5) is 0. The Balaban J connectivity index is 1.30. The number of para-hydroxylation sites is 1. The third-order valence-electron chi connectivity index (χ3n) is 9.99. The first-order valence-corrected chi connectivity index (χ1v) is 17.3. The minimum absolute atomic E-state index is 0.540. The second-order valence-electron chi connectivity index (χ2n) is 12.7. The first-order chi connectivity index (χ1) is 25.1. The van der Waals surface area contributed by atoms with Crippen molar-refractivity contribution in [3.63, 3.8) is 0 Å². The van der Waals surface area contributed by atoms with Gasteiger partial charge in [0.25, 0.3) is 0 Å². The highest BCUT2D eigenvalue weighted by Crippen LogP contribution is 2.45. The highest BCUT2D eigenvalue weighted by Gasteiger charge is 2.21. The number of benzene rings is 7. The van der Waals surface area contributed by atoms with Crippen molar-refractivity contribution in [2.24, 2.45) is 0 Å². The van der Waals surface area contributed by atoms with E-state index >= 15 is 0 Å². The fourth-order valence-corrected chi connectivity index (χ4v) is 9.02. The fourth-order valence-electron chi connectivity index (χ4n) is 7.76. The largest absolute Gasteiger partial charge is 0.309 e. The van der Waals surface area contributed by atoms with Crippen LogP contribution in [0.3, 0.4) is 0 Å². The van der Waals surface area contributed by atoms with Crippen LogP contribution in [0.1, 0.15) is 16.7 Å². The van der Waals surface area contributed by atoms with Gasteiger partial charge in [0.1, 0.15) is 0 Å². The minimum Gasteiger partial charge on any atom is -0.309 e. The third kappa shape index (κ3) is 4.17. The predicted octanol–water partition coefficient (Wildman–Crippen LogP) is 11.5. The van der Waals surface area contributed by atoms with Gasteiger partial charge in [-0.3, -0.25) is 0 Å². The van der Waals surface area contributed by atoms with Gasteiger partial charge in [-0.25, -0.2) is 0 Å². The molecule has 0 unspecified atom stereocenters. The van der Waals surface area contributed by atoms with Crippen LogP contribution in [0.2, 0.25) is 0 Å². The molecule has 10 aromatic rings. The molecular weight excluding hydrogens is 643 g/mol. The molecule has 0 saturated carbocycles. The van der Waals surface area contributed by atoms with E-state index in [-0.39, 0.29) is 0 Å². The maximum atomic E-state index is 10.1. The molecule has 0 bridgehead atoms. The Morgan fingerprint density at radius 3 is 1.80 bits per heavy atom. The molecule has 7 aromatic carbocycles. The lowest BCUT2D eigenvalue weighted by atomic mass is 9.99. The van der Waals surface area contributed by atoms with Gasteiger partial charge in [-0.05, 0) is 84.4 Å². The average Bonchev–Trinajstić information content (AvgIpc) is 3.84. The Morgan fingerprint density at radius 2 is 1.08 bits per heavy atom. The van der Waals surface area contributed by atoms with Crippen LogP contribution in [0.25, 0.3) is 86.3 Å². The lowest BCUT2D eigenvalue weighted by Crippen LogP contribution is -1.99. The van der Waals surface area contributed by atoms with Gasteiger partial charge in [-0.15, -0.1) is 11.3 Å². The predicted molar refractivity (Wildman–Crippen MR) is 208 cm³/mol. The summed E-state index contributed by atoms with van der Waals surface area (Å²) in [7, 11) is 0. The van der Waals surface area contributed by atoms with Gasteiger partial charge < -0.3 is 9.13 Å². The Labute approximate surface area is 295 Å². The molecule has 234 valence electrons. The second kappa shape index (κ2) is 10.9. The van der Waals surface area contributed by atoms with Gasteiger partial charge in [-0.1, -0.05) is 60.7 Å². The maximum absolute atomic E-state index is 10.1. The first kappa shape index (κ1) is 28.8. The first-order valence-electron chi connectivity index (χ1n) is 16.5. The summed E-state index contributed by atoms with van der Waals surface area (Å²) < 4.78 is 7.06. The van der Waals surface area contributed by atoms with Crippen molar-refractivity contribution in [1.82, 2.24) is 9.13 Å². The molecule has 0 fully saturated rings. The zero-order valence-corrected chi connectivity index (χ0v) is 27.7.